The zero-order valence-corrected chi connectivity index (χ0v) is 16.1. The highest BCUT2D eigenvalue weighted by Gasteiger charge is 2.24. The molecule has 0 fully saturated rings. The van der Waals surface area contributed by atoms with Crippen LogP contribution in [0.2, 0.25) is 0 Å². The molecule has 1 unspecified atom stereocenters. The summed E-state index contributed by atoms with van der Waals surface area (Å²) in [6, 6.07) is 16.8. The van der Waals surface area contributed by atoms with Gasteiger partial charge in [0.25, 0.3) is 5.91 Å². The molecule has 4 nitrogen and oxygen atoms in total. The van der Waals surface area contributed by atoms with E-state index in [1.165, 1.54) is 0 Å². The third kappa shape index (κ3) is 6.51. The van der Waals surface area contributed by atoms with E-state index in [4.69, 9.17) is 10.5 Å². The predicted molar refractivity (Wildman–Crippen MR) is 102 cm³/mol. The van der Waals surface area contributed by atoms with Gasteiger partial charge in [-0.1, -0.05) is 52.3 Å². The predicted octanol–water partition coefficient (Wildman–Crippen LogP) is 3.84. The van der Waals surface area contributed by atoms with Crippen LogP contribution in [0.1, 0.15) is 25.5 Å². The number of carbonyl (C=O) groups excluding carboxylic acids is 1. The highest BCUT2D eigenvalue weighted by molar-refractivity contribution is 9.10. The van der Waals surface area contributed by atoms with Crippen LogP contribution in [0, 0.1) is 0 Å². The minimum atomic E-state index is -0.729. The van der Waals surface area contributed by atoms with Crippen LogP contribution < -0.4 is 15.8 Å². The Kier molecular flexibility index (Phi) is 7.73. The summed E-state index contributed by atoms with van der Waals surface area (Å²) in [6.07, 6.45) is -0.729. The molecule has 0 saturated carbocycles. The largest absolute Gasteiger partial charge is 0.476 e. The molecule has 0 radical (unpaired) electrons. The van der Waals surface area contributed by atoms with E-state index in [-0.39, 0.29) is 18.3 Å². The monoisotopic (exact) mass is 412 g/mol. The second-order valence-corrected chi connectivity index (χ2v) is 6.99. The van der Waals surface area contributed by atoms with Gasteiger partial charge in [0.1, 0.15) is 5.75 Å². The minimum absolute atomic E-state index is 0. The molecule has 3 N–H and O–H groups in total. The first-order valence-corrected chi connectivity index (χ1v) is 8.18. The second kappa shape index (κ2) is 9.06. The maximum Gasteiger partial charge on any atom is 0.265 e. The van der Waals surface area contributed by atoms with Crippen molar-refractivity contribution in [2.24, 2.45) is 5.73 Å². The molecule has 1 amide bonds. The molecule has 24 heavy (non-hydrogen) atoms. The van der Waals surface area contributed by atoms with E-state index in [1.54, 1.807) is 0 Å². The molecule has 2 aromatic rings. The van der Waals surface area contributed by atoms with E-state index in [9.17, 15) is 4.79 Å². The van der Waals surface area contributed by atoms with Gasteiger partial charge >= 0.3 is 0 Å². The Bertz CT molecular complexity index is 660. The maximum absolute atomic E-state index is 12.6. The van der Waals surface area contributed by atoms with E-state index in [2.05, 4.69) is 21.2 Å². The Morgan fingerprint density at radius 1 is 1.21 bits per heavy atom. The molecule has 1 atom stereocenters. The van der Waals surface area contributed by atoms with Crippen LogP contribution in [0.25, 0.3) is 0 Å². The number of halogens is 2. The molecule has 0 aromatic heterocycles. The lowest BCUT2D eigenvalue weighted by molar-refractivity contribution is -0.128. The molecular formula is C18H22BrClN2O2. The van der Waals surface area contributed by atoms with Gasteiger partial charge in [0.15, 0.2) is 0 Å². The lowest BCUT2D eigenvalue weighted by atomic mass is 10.1. The molecule has 130 valence electrons. The van der Waals surface area contributed by atoms with Crippen LogP contribution in [0.3, 0.4) is 0 Å². The first-order valence-electron chi connectivity index (χ1n) is 7.39. The van der Waals surface area contributed by atoms with Gasteiger partial charge in [0.05, 0.1) is 0 Å². The number of carbonyl (C=O) groups is 1. The summed E-state index contributed by atoms with van der Waals surface area (Å²) in [6.45, 7) is 4.09. The van der Waals surface area contributed by atoms with E-state index in [0.29, 0.717) is 12.3 Å². The second-order valence-electron chi connectivity index (χ2n) is 6.07. The number of hydrogen-bond acceptors (Lipinski definition) is 3. The molecule has 0 spiro atoms. The Labute approximate surface area is 157 Å². The minimum Gasteiger partial charge on any atom is -0.476 e. The third-order valence-electron chi connectivity index (χ3n) is 3.11. The quantitative estimate of drug-likeness (QED) is 0.756. The lowest BCUT2D eigenvalue weighted by Gasteiger charge is -2.23. The zero-order valence-electron chi connectivity index (χ0n) is 13.7. The van der Waals surface area contributed by atoms with Crippen LogP contribution in [0.4, 0.5) is 0 Å². The highest BCUT2D eigenvalue weighted by Crippen LogP contribution is 2.25. The summed E-state index contributed by atoms with van der Waals surface area (Å²) in [5, 5.41) is 2.86. The maximum atomic E-state index is 12.6. The third-order valence-corrected chi connectivity index (χ3v) is 3.60. The Morgan fingerprint density at radius 3 is 2.46 bits per heavy atom. The average Bonchev–Trinajstić information content (AvgIpc) is 2.50. The SMILES string of the molecule is CC(C)(N)CNC(=O)C(Oc1cccc(Br)c1)c1ccccc1.Cl. The van der Waals surface area contributed by atoms with Gasteiger partial charge in [-0.15, -0.1) is 12.4 Å². The van der Waals surface area contributed by atoms with E-state index >= 15 is 0 Å². The van der Waals surface area contributed by atoms with Crippen molar-refractivity contribution in [3.63, 3.8) is 0 Å². The van der Waals surface area contributed by atoms with Gasteiger partial charge in [0.2, 0.25) is 6.10 Å². The Morgan fingerprint density at radius 2 is 1.88 bits per heavy atom. The van der Waals surface area contributed by atoms with Crippen molar-refractivity contribution in [2.45, 2.75) is 25.5 Å². The van der Waals surface area contributed by atoms with Crippen molar-refractivity contribution in [3.05, 3.63) is 64.6 Å². The van der Waals surface area contributed by atoms with Gasteiger partial charge in [0, 0.05) is 22.1 Å². The Hall–Kier alpha value is -1.56. The van der Waals surface area contributed by atoms with Crippen molar-refractivity contribution in [1.29, 1.82) is 0 Å². The number of benzene rings is 2. The molecule has 2 rings (SSSR count). The fourth-order valence-corrected chi connectivity index (χ4v) is 2.36. The summed E-state index contributed by atoms with van der Waals surface area (Å²) in [5.74, 6) is 0.407. The highest BCUT2D eigenvalue weighted by atomic mass is 79.9. The van der Waals surface area contributed by atoms with E-state index in [1.807, 2.05) is 68.4 Å². The molecule has 2 aromatic carbocycles. The van der Waals surface area contributed by atoms with Gasteiger partial charge in [-0.2, -0.15) is 0 Å². The van der Waals surface area contributed by atoms with Crippen LogP contribution in [-0.2, 0) is 4.79 Å². The summed E-state index contributed by atoms with van der Waals surface area (Å²) in [5.41, 5.74) is 6.25. The van der Waals surface area contributed by atoms with E-state index in [0.717, 1.165) is 10.0 Å². The van der Waals surface area contributed by atoms with Crippen molar-refractivity contribution in [1.82, 2.24) is 5.32 Å². The van der Waals surface area contributed by atoms with Gasteiger partial charge < -0.3 is 15.8 Å². The fourth-order valence-electron chi connectivity index (χ4n) is 1.98. The Balaban J connectivity index is 0.00000288. The van der Waals surface area contributed by atoms with E-state index < -0.39 is 11.6 Å². The first-order chi connectivity index (χ1) is 10.8. The standard InChI is InChI=1S/C18H21BrN2O2.ClH/c1-18(2,20)12-21-17(22)16(13-7-4-3-5-8-13)23-15-10-6-9-14(19)11-15;/h3-11,16H,12,20H2,1-2H3,(H,21,22);1H. The smallest absolute Gasteiger partial charge is 0.265 e. The van der Waals surface area contributed by atoms with Gasteiger partial charge in [-0.05, 0) is 32.0 Å². The number of ether oxygens (including phenoxy) is 1. The van der Waals surface area contributed by atoms with Crippen LogP contribution in [-0.4, -0.2) is 18.0 Å². The molecule has 0 bridgehead atoms. The molecule has 6 heteroatoms. The molecular weight excluding hydrogens is 392 g/mol. The average molecular weight is 414 g/mol. The van der Waals surface area contributed by atoms with Crippen LogP contribution >= 0.6 is 28.3 Å². The number of nitrogens with two attached hydrogens (primary N) is 1. The van der Waals surface area contributed by atoms with Gasteiger partial charge in [-0.25, -0.2) is 0 Å². The van der Waals surface area contributed by atoms with Crippen molar-refractivity contribution in [2.75, 3.05) is 6.54 Å². The fraction of sp³-hybridized carbons (Fsp3) is 0.278. The van der Waals surface area contributed by atoms with Crippen molar-refractivity contribution < 1.29 is 9.53 Å². The molecule has 0 aliphatic rings. The molecule has 0 aliphatic carbocycles. The molecule has 0 saturated heterocycles. The summed E-state index contributed by atoms with van der Waals surface area (Å²) in [4.78, 5) is 12.6. The number of nitrogens with one attached hydrogen (secondary N) is 1. The first kappa shape index (κ1) is 20.5. The summed E-state index contributed by atoms with van der Waals surface area (Å²) in [7, 11) is 0. The molecule has 0 aliphatic heterocycles. The zero-order chi connectivity index (χ0) is 16.9. The summed E-state index contributed by atoms with van der Waals surface area (Å²) >= 11 is 3.41. The number of rotatable bonds is 6. The van der Waals surface area contributed by atoms with Gasteiger partial charge in [-0.3, -0.25) is 4.79 Å². The molecule has 0 heterocycles. The number of hydrogen-bond donors (Lipinski definition) is 2. The normalized spacial score (nSPS) is 12.0. The van der Waals surface area contributed by atoms with Crippen LogP contribution in [0.15, 0.2) is 59.1 Å². The van der Waals surface area contributed by atoms with Crippen molar-refractivity contribution in [3.8, 4) is 5.75 Å². The van der Waals surface area contributed by atoms with Crippen LogP contribution in [0.5, 0.6) is 5.75 Å². The number of amides is 1. The van der Waals surface area contributed by atoms with Crippen molar-refractivity contribution >= 4 is 34.2 Å². The topological polar surface area (TPSA) is 64.3 Å². The lowest BCUT2D eigenvalue weighted by Crippen LogP contribution is -2.46. The summed E-state index contributed by atoms with van der Waals surface area (Å²) < 4.78 is 6.82.